The lowest BCUT2D eigenvalue weighted by Crippen LogP contribution is -2.02. The molecule has 0 spiro atoms. The van der Waals surface area contributed by atoms with E-state index in [1.165, 1.54) is 26.6 Å². The predicted molar refractivity (Wildman–Crippen MR) is 96.9 cm³/mol. The van der Waals surface area contributed by atoms with Gasteiger partial charge in [-0.2, -0.15) is 0 Å². The number of fused-ring (bicyclic) bond motifs is 2. The van der Waals surface area contributed by atoms with Crippen molar-refractivity contribution in [2.45, 2.75) is 0 Å². The number of phenolic OH excluding ortho intramolecular Hbond substituents is 1. The van der Waals surface area contributed by atoms with Crippen molar-refractivity contribution >= 4 is 22.8 Å². The van der Waals surface area contributed by atoms with Crippen LogP contribution in [0.5, 0.6) is 28.7 Å². The fraction of sp³-hybridized carbons (Fsp3) is 0.150. The molecule has 0 saturated heterocycles. The third-order valence-electron chi connectivity index (χ3n) is 4.27. The molecular formula is C20H16O7. The first-order valence-corrected chi connectivity index (χ1v) is 8.10. The van der Waals surface area contributed by atoms with E-state index in [0.29, 0.717) is 22.5 Å². The highest BCUT2D eigenvalue weighted by Gasteiger charge is 2.26. The van der Waals surface area contributed by atoms with Crippen molar-refractivity contribution in [3.8, 4) is 28.7 Å². The van der Waals surface area contributed by atoms with Crippen molar-refractivity contribution in [2.75, 3.05) is 21.0 Å². The number of phenols is 1. The number of hydrogen-bond donors (Lipinski definition) is 1. The van der Waals surface area contributed by atoms with Gasteiger partial charge in [0, 0.05) is 0 Å². The monoisotopic (exact) mass is 368 g/mol. The molecular weight excluding hydrogens is 352 g/mol. The summed E-state index contributed by atoms with van der Waals surface area (Å²) in [5.74, 6) is 0.799. The van der Waals surface area contributed by atoms with Crippen LogP contribution < -0.4 is 18.9 Å². The highest BCUT2D eigenvalue weighted by molar-refractivity contribution is 6.15. The van der Waals surface area contributed by atoms with Gasteiger partial charge in [-0.1, -0.05) is 12.1 Å². The van der Waals surface area contributed by atoms with Crippen LogP contribution in [0.4, 0.5) is 0 Å². The van der Waals surface area contributed by atoms with Gasteiger partial charge in [-0.25, -0.2) is 0 Å². The van der Waals surface area contributed by atoms with Crippen molar-refractivity contribution in [1.29, 1.82) is 0 Å². The Hall–Kier alpha value is -3.61. The van der Waals surface area contributed by atoms with Gasteiger partial charge in [-0.15, -0.1) is 0 Å². The molecule has 0 aliphatic carbocycles. The second-order valence-electron chi connectivity index (χ2n) is 5.76. The number of allylic oxidation sites excluding steroid dienone is 1. The van der Waals surface area contributed by atoms with Crippen molar-refractivity contribution in [3.63, 3.8) is 0 Å². The largest absolute Gasteiger partial charge is 0.504 e. The van der Waals surface area contributed by atoms with Gasteiger partial charge in [0.15, 0.2) is 28.6 Å². The zero-order valence-electron chi connectivity index (χ0n) is 14.6. The number of aromatic hydroxyl groups is 1. The standard InChI is InChI=1S/C20H16O7/c1-23-18-12-7-8-25-19(12)20(24-2)17(22)16(18)13(21)5-3-11-4-6-14-15(9-11)27-10-26-14/h3-9,22H,10H2,1-2H3. The zero-order valence-corrected chi connectivity index (χ0v) is 14.6. The van der Waals surface area contributed by atoms with Crippen LogP contribution in [-0.2, 0) is 0 Å². The molecule has 27 heavy (non-hydrogen) atoms. The first-order valence-electron chi connectivity index (χ1n) is 8.10. The maximum absolute atomic E-state index is 12.8. The van der Waals surface area contributed by atoms with Crippen molar-refractivity contribution in [2.24, 2.45) is 0 Å². The number of ether oxygens (including phenoxy) is 4. The lowest BCUT2D eigenvalue weighted by Gasteiger charge is -2.13. The fourth-order valence-electron chi connectivity index (χ4n) is 3.03. The van der Waals surface area contributed by atoms with Crippen LogP contribution in [0.3, 0.4) is 0 Å². The van der Waals surface area contributed by atoms with Gasteiger partial charge in [-0.05, 0) is 29.8 Å². The minimum absolute atomic E-state index is 0.000225. The SMILES string of the molecule is COc1c(C(=O)C=Cc2ccc3c(c2)OCO3)c(O)c(OC)c2occc12. The lowest BCUT2D eigenvalue weighted by molar-refractivity contribution is 0.104. The number of methoxy groups -OCH3 is 2. The topological polar surface area (TPSA) is 87.4 Å². The van der Waals surface area contributed by atoms with Crippen LogP contribution in [0, 0.1) is 0 Å². The molecule has 0 saturated carbocycles. The molecule has 0 radical (unpaired) electrons. The summed E-state index contributed by atoms with van der Waals surface area (Å²) in [7, 11) is 2.81. The molecule has 2 heterocycles. The molecule has 0 atom stereocenters. The van der Waals surface area contributed by atoms with Crippen molar-refractivity contribution in [3.05, 3.63) is 47.7 Å². The molecule has 4 rings (SSSR count). The Balaban J connectivity index is 1.75. The normalized spacial score (nSPS) is 12.7. The van der Waals surface area contributed by atoms with Crippen LogP contribution in [-0.4, -0.2) is 31.9 Å². The molecule has 1 N–H and O–H groups in total. The Kier molecular flexibility index (Phi) is 4.12. The Bertz CT molecular complexity index is 1060. The molecule has 2 aromatic carbocycles. The van der Waals surface area contributed by atoms with E-state index in [1.54, 1.807) is 30.3 Å². The quantitative estimate of drug-likeness (QED) is 0.542. The highest BCUT2D eigenvalue weighted by Crippen LogP contribution is 2.46. The summed E-state index contributed by atoms with van der Waals surface area (Å²) in [5.41, 5.74) is 1.06. The maximum atomic E-state index is 12.8. The molecule has 0 unspecified atom stereocenters. The Morgan fingerprint density at radius 3 is 2.67 bits per heavy atom. The second-order valence-corrected chi connectivity index (χ2v) is 5.76. The number of carbonyl (C=O) groups is 1. The number of carbonyl (C=O) groups excluding carboxylic acids is 1. The third-order valence-corrected chi connectivity index (χ3v) is 4.27. The Labute approximate surface area is 154 Å². The third kappa shape index (κ3) is 2.73. The highest BCUT2D eigenvalue weighted by atomic mass is 16.7. The van der Waals surface area contributed by atoms with E-state index >= 15 is 0 Å². The zero-order chi connectivity index (χ0) is 19.0. The minimum atomic E-state index is -0.441. The summed E-state index contributed by atoms with van der Waals surface area (Å²) in [6.07, 6.45) is 4.40. The molecule has 138 valence electrons. The van der Waals surface area contributed by atoms with Crippen molar-refractivity contribution < 1.29 is 33.3 Å². The van der Waals surface area contributed by atoms with E-state index in [2.05, 4.69) is 0 Å². The number of ketones is 1. The van der Waals surface area contributed by atoms with Gasteiger partial charge in [0.1, 0.15) is 11.3 Å². The summed E-state index contributed by atoms with van der Waals surface area (Å²) in [6, 6.07) is 6.98. The molecule has 3 aromatic rings. The summed E-state index contributed by atoms with van der Waals surface area (Å²) in [4.78, 5) is 12.8. The van der Waals surface area contributed by atoms with Gasteiger partial charge in [0.25, 0.3) is 0 Å². The van der Waals surface area contributed by atoms with Gasteiger partial charge in [0.2, 0.25) is 12.5 Å². The summed E-state index contributed by atoms with van der Waals surface area (Å²) in [6.45, 7) is 0.178. The molecule has 0 bridgehead atoms. The smallest absolute Gasteiger partial charge is 0.231 e. The molecule has 7 nitrogen and oxygen atoms in total. The molecule has 1 aromatic heterocycles. The molecule has 1 aliphatic heterocycles. The van der Waals surface area contributed by atoms with Crippen molar-refractivity contribution in [1.82, 2.24) is 0 Å². The van der Waals surface area contributed by atoms with E-state index in [4.69, 9.17) is 23.4 Å². The Morgan fingerprint density at radius 2 is 1.89 bits per heavy atom. The summed E-state index contributed by atoms with van der Waals surface area (Å²) >= 11 is 0. The molecule has 0 amide bonds. The van der Waals surface area contributed by atoms with E-state index < -0.39 is 5.78 Å². The van der Waals surface area contributed by atoms with Crippen LogP contribution in [0.15, 0.2) is 41.0 Å². The van der Waals surface area contributed by atoms with Gasteiger partial charge >= 0.3 is 0 Å². The number of benzene rings is 2. The average molecular weight is 368 g/mol. The fourth-order valence-corrected chi connectivity index (χ4v) is 3.03. The van der Waals surface area contributed by atoms with Gasteiger partial charge < -0.3 is 28.5 Å². The molecule has 0 fully saturated rings. The second kappa shape index (κ2) is 6.60. The van der Waals surface area contributed by atoms with E-state index in [0.717, 1.165) is 5.56 Å². The molecule has 7 heteroatoms. The van der Waals surface area contributed by atoms with Crippen LogP contribution in [0.1, 0.15) is 15.9 Å². The predicted octanol–water partition coefficient (Wildman–Crippen LogP) is 3.78. The number of furan rings is 1. The maximum Gasteiger partial charge on any atom is 0.231 e. The Morgan fingerprint density at radius 1 is 1.11 bits per heavy atom. The van der Waals surface area contributed by atoms with Crippen LogP contribution >= 0.6 is 0 Å². The van der Waals surface area contributed by atoms with Gasteiger partial charge in [0.05, 0.1) is 25.9 Å². The van der Waals surface area contributed by atoms with Crippen LogP contribution in [0.2, 0.25) is 0 Å². The summed E-state index contributed by atoms with van der Waals surface area (Å²) < 4.78 is 26.5. The first kappa shape index (κ1) is 16.8. The lowest BCUT2D eigenvalue weighted by atomic mass is 10.0. The van der Waals surface area contributed by atoms with E-state index in [1.807, 2.05) is 0 Å². The number of rotatable bonds is 5. The van der Waals surface area contributed by atoms with E-state index in [-0.39, 0.29) is 29.6 Å². The number of hydrogen-bond acceptors (Lipinski definition) is 7. The summed E-state index contributed by atoms with van der Waals surface area (Å²) in [5, 5.41) is 11.1. The van der Waals surface area contributed by atoms with E-state index in [9.17, 15) is 9.90 Å². The van der Waals surface area contributed by atoms with Crippen LogP contribution in [0.25, 0.3) is 17.0 Å². The molecule has 1 aliphatic rings. The first-order chi connectivity index (χ1) is 13.1. The minimum Gasteiger partial charge on any atom is -0.504 e. The average Bonchev–Trinajstić information content (AvgIpc) is 3.33. The van der Waals surface area contributed by atoms with Gasteiger partial charge in [-0.3, -0.25) is 4.79 Å².